The lowest BCUT2D eigenvalue weighted by Gasteiger charge is -2.09. The molecule has 0 spiro atoms. The number of nitrogens with zero attached hydrogens (tertiary/aromatic N) is 2. The Morgan fingerprint density at radius 3 is 2.70 bits per heavy atom. The second-order valence-corrected chi connectivity index (χ2v) is 5.11. The van der Waals surface area contributed by atoms with E-state index in [1.807, 2.05) is 13.0 Å². The Bertz CT molecular complexity index is 629. The first kappa shape index (κ1) is 14.3. The van der Waals surface area contributed by atoms with Gasteiger partial charge in [-0.2, -0.15) is 5.10 Å². The summed E-state index contributed by atoms with van der Waals surface area (Å²) >= 11 is 0. The molecule has 0 unspecified atom stereocenters. The van der Waals surface area contributed by atoms with Crippen molar-refractivity contribution < 1.29 is 4.79 Å². The average molecular weight is 271 g/mol. The maximum absolute atomic E-state index is 12.2. The predicted molar refractivity (Wildman–Crippen MR) is 79.7 cm³/mol. The summed E-state index contributed by atoms with van der Waals surface area (Å²) in [7, 11) is 1.80. The maximum Gasteiger partial charge on any atom is 0.269 e. The molecule has 1 N–H and O–H groups in total. The van der Waals surface area contributed by atoms with E-state index in [9.17, 15) is 4.79 Å². The van der Waals surface area contributed by atoms with Gasteiger partial charge in [-0.05, 0) is 37.5 Å². The van der Waals surface area contributed by atoms with Crippen LogP contribution in [0.4, 0.5) is 0 Å². The molecule has 1 aromatic heterocycles. The Balaban J connectivity index is 2.08. The Labute approximate surface area is 119 Å². The van der Waals surface area contributed by atoms with E-state index in [4.69, 9.17) is 0 Å². The number of rotatable bonds is 4. The van der Waals surface area contributed by atoms with Crippen LogP contribution >= 0.6 is 0 Å². The van der Waals surface area contributed by atoms with Gasteiger partial charge in [0.1, 0.15) is 5.69 Å². The van der Waals surface area contributed by atoms with Crippen molar-refractivity contribution in [3.8, 4) is 0 Å². The molecule has 2 rings (SSSR count). The van der Waals surface area contributed by atoms with Gasteiger partial charge in [0.15, 0.2) is 0 Å². The summed E-state index contributed by atoms with van der Waals surface area (Å²) in [6, 6.07) is 8.11. The fraction of sp³-hybridized carbons (Fsp3) is 0.375. The lowest BCUT2D eigenvalue weighted by atomic mass is 10.1. The van der Waals surface area contributed by atoms with Gasteiger partial charge in [-0.25, -0.2) is 0 Å². The molecule has 0 radical (unpaired) electrons. The molecule has 0 saturated carbocycles. The number of carbonyl (C=O) groups is 1. The second-order valence-electron chi connectivity index (χ2n) is 5.11. The molecule has 1 heterocycles. The van der Waals surface area contributed by atoms with Gasteiger partial charge in [0, 0.05) is 13.6 Å². The van der Waals surface area contributed by atoms with Gasteiger partial charge in [0.2, 0.25) is 0 Å². The fourth-order valence-electron chi connectivity index (χ4n) is 2.17. The van der Waals surface area contributed by atoms with Crippen molar-refractivity contribution in [2.75, 3.05) is 0 Å². The lowest BCUT2D eigenvalue weighted by molar-refractivity contribution is 0.0941. The monoisotopic (exact) mass is 271 g/mol. The molecule has 20 heavy (non-hydrogen) atoms. The minimum absolute atomic E-state index is 0.0828. The zero-order chi connectivity index (χ0) is 14.7. The molecule has 0 bridgehead atoms. The number of carbonyl (C=O) groups excluding carboxylic acids is 1. The number of nitrogens with one attached hydrogen (secondary N) is 1. The topological polar surface area (TPSA) is 46.9 Å². The minimum atomic E-state index is -0.0828. The van der Waals surface area contributed by atoms with Crippen LogP contribution in [-0.4, -0.2) is 15.7 Å². The predicted octanol–water partition coefficient (Wildman–Crippen LogP) is 2.53. The van der Waals surface area contributed by atoms with Crippen LogP contribution in [0.3, 0.4) is 0 Å². The Hall–Kier alpha value is -2.10. The van der Waals surface area contributed by atoms with Crippen molar-refractivity contribution in [3.63, 3.8) is 0 Å². The summed E-state index contributed by atoms with van der Waals surface area (Å²) in [5.41, 5.74) is 5.08. The van der Waals surface area contributed by atoms with E-state index < -0.39 is 0 Å². The van der Waals surface area contributed by atoms with Crippen LogP contribution in [0.25, 0.3) is 0 Å². The molecule has 106 valence electrons. The molecule has 0 aliphatic rings. The third-order valence-corrected chi connectivity index (χ3v) is 3.47. The van der Waals surface area contributed by atoms with Gasteiger partial charge in [0.25, 0.3) is 5.91 Å². The van der Waals surface area contributed by atoms with Gasteiger partial charge in [-0.15, -0.1) is 0 Å². The maximum atomic E-state index is 12.2. The van der Waals surface area contributed by atoms with Gasteiger partial charge in [0.05, 0.1) is 5.69 Å². The summed E-state index contributed by atoms with van der Waals surface area (Å²) in [4.78, 5) is 12.2. The smallest absolute Gasteiger partial charge is 0.269 e. The number of aryl methyl sites for hydroxylation is 4. The van der Waals surface area contributed by atoms with Crippen molar-refractivity contribution >= 4 is 5.91 Å². The number of amides is 1. The van der Waals surface area contributed by atoms with Crippen LogP contribution in [0, 0.1) is 13.8 Å². The van der Waals surface area contributed by atoms with Crippen LogP contribution in [0.15, 0.2) is 24.3 Å². The zero-order valence-electron chi connectivity index (χ0n) is 12.5. The highest BCUT2D eigenvalue weighted by Crippen LogP contribution is 2.11. The number of aromatic nitrogens is 2. The summed E-state index contributed by atoms with van der Waals surface area (Å²) in [6.07, 6.45) is 0.831. The van der Waals surface area contributed by atoms with Crippen LogP contribution in [-0.2, 0) is 20.0 Å². The second kappa shape index (κ2) is 5.90. The van der Waals surface area contributed by atoms with Crippen molar-refractivity contribution in [2.24, 2.45) is 7.05 Å². The minimum Gasteiger partial charge on any atom is -0.347 e. The van der Waals surface area contributed by atoms with Gasteiger partial charge >= 0.3 is 0 Å². The van der Waals surface area contributed by atoms with E-state index in [2.05, 4.69) is 42.5 Å². The normalized spacial score (nSPS) is 10.6. The molecule has 1 amide bonds. The van der Waals surface area contributed by atoms with Crippen LogP contribution in [0.5, 0.6) is 0 Å². The summed E-state index contributed by atoms with van der Waals surface area (Å²) in [5.74, 6) is -0.0828. The average Bonchev–Trinajstić information content (AvgIpc) is 2.81. The van der Waals surface area contributed by atoms with Crippen LogP contribution in [0.2, 0.25) is 0 Å². The third kappa shape index (κ3) is 3.07. The first-order valence-corrected chi connectivity index (χ1v) is 6.88. The van der Waals surface area contributed by atoms with Gasteiger partial charge in [-0.3, -0.25) is 9.48 Å². The fourth-order valence-corrected chi connectivity index (χ4v) is 2.17. The highest BCUT2D eigenvalue weighted by atomic mass is 16.2. The summed E-state index contributed by atoms with van der Waals surface area (Å²) in [5, 5.41) is 7.25. The number of benzene rings is 1. The summed E-state index contributed by atoms with van der Waals surface area (Å²) in [6.45, 7) is 6.68. The Morgan fingerprint density at radius 2 is 2.05 bits per heavy atom. The van der Waals surface area contributed by atoms with E-state index >= 15 is 0 Å². The molecule has 0 saturated heterocycles. The van der Waals surface area contributed by atoms with E-state index in [1.54, 1.807) is 11.7 Å². The molecule has 0 aliphatic heterocycles. The zero-order valence-corrected chi connectivity index (χ0v) is 12.5. The largest absolute Gasteiger partial charge is 0.347 e. The SMILES string of the molecule is CCc1cc(C(=O)NCc2cc(C)ccc2C)n(C)n1. The molecule has 4 nitrogen and oxygen atoms in total. The number of hydrogen-bond acceptors (Lipinski definition) is 2. The molecule has 4 heteroatoms. The molecule has 0 atom stereocenters. The van der Waals surface area contributed by atoms with Crippen molar-refractivity contribution in [2.45, 2.75) is 33.7 Å². The van der Waals surface area contributed by atoms with E-state index in [1.165, 1.54) is 11.1 Å². The Kier molecular flexibility index (Phi) is 4.23. The van der Waals surface area contributed by atoms with E-state index in [-0.39, 0.29) is 5.91 Å². The van der Waals surface area contributed by atoms with Crippen LogP contribution < -0.4 is 5.32 Å². The van der Waals surface area contributed by atoms with E-state index in [0.717, 1.165) is 17.7 Å². The van der Waals surface area contributed by atoms with Crippen molar-refractivity contribution in [3.05, 3.63) is 52.3 Å². The highest BCUT2D eigenvalue weighted by molar-refractivity contribution is 5.92. The molecule has 2 aromatic rings. The molecular formula is C16H21N3O. The first-order chi connectivity index (χ1) is 9.51. The molecule has 0 aliphatic carbocycles. The summed E-state index contributed by atoms with van der Waals surface area (Å²) < 4.78 is 1.64. The first-order valence-electron chi connectivity index (χ1n) is 6.88. The highest BCUT2D eigenvalue weighted by Gasteiger charge is 2.12. The molecule has 0 fully saturated rings. The standard InChI is InChI=1S/C16H21N3O/c1-5-14-9-15(19(4)18-14)16(20)17-10-13-8-11(2)6-7-12(13)3/h6-9H,5,10H2,1-4H3,(H,17,20). The third-order valence-electron chi connectivity index (χ3n) is 3.47. The van der Waals surface area contributed by atoms with Gasteiger partial charge < -0.3 is 5.32 Å². The van der Waals surface area contributed by atoms with Gasteiger partial charge in [-0.1, -0.05) is 30.7 Å². The van der Waals surface area contributed by atoms with E-state index in [0.29, 0.717) is 12.2 Å². The lowest BCUT2D eigenvalue weighted by Crippen LogP contribution is -2.25. The van der Waals surface area contributed by atoms with Crippen molar-refractivity contribution in [1.29, 1.82) is 0 Å². The molecule has 1 aromatic carbocycles. The number of hydrogen-bond donors (Lipinski definition) is 1. The Morgan fingerprint density at radius 1 is 1.30 bits per heavy atom. The van der Waals surface area contributed by atoms with Crippen LogP contribution in [0.1, 0.15) is 39.8 Å². The molecular weight excluding hydrogens is 250 g/mol. The van der Waals surface area contributed by atoms with Crippen molar-refractivity contribution in [1.82, 2.24) is 15.1 Å². The quantitative estimate of drug-likeness (QED) is 0.929.